The van der Waals surface area contributed by atoms with Crippen LogP contribution in [0, 0.1) is 6.92 Å². The quantitative estimate of drug-likeness (QED) is 0.636. The van der Waals surface area contributed by atoms with Crippen molar-refractivity contribution in [3.8, 4) is 0 Å². The molecule has 0 aliphatic heterocycles. The smallest absolute Gasteiger partial charge is 0.226 e. The van der Waals surface area contributed by atoms with Gasteiger partial charge in [0.15, 0.2) is 0 Å². The molecule has 0 atom stereocenters. The lowest BCUT2D eigenvalue weighted by molar-refractivity contribution is 0.485. The first kappa shape index (κ1) is 10.0. The van der Waals surface area contributed by atoms with E-state index in [-0.39, 0.29) is 0 Å². The van der Waals surface area contributed by atoms with Crippen molar-refractivity contribution in [1.82, 2.24) is 10.2 Å². The minimum absolute atomic E-state index is 0.596. The molecule has 2 aromatic rings. The third-order valence-electron chi connectivity index (χ3n) is 1.79. The van der Waals surface area contributed by atoms with Gasteiger partial charge in [-0.3, -0.25) is 0 Å². The van der Waals surface area contributed by atoms with Crippen molar-refractivity contribution >= 4 is 17.4 Å². The molecule has 1 aromatic carbocycles. The average Bonchev–Trinajstić information content (AvgIpc) is 2.62. The molecule has 0 bridgehead atoms. The summed E-state index contributed by atoms with van der Waals surface area (Å²) in [6.45, 7) is 1.78. The summed E-state index contributed by atoms with van der Waals surface area (Å²) in [7, 11) is 0. The number of benzene rings is 1. The SMILES string of the molecule is Cc1nnc(CSc2cccc(N)c2)o1. The zero-order valence-electron chi connectivity index (χ0n) is 8.30. The van der Waals surface area contributed by atoms with Gasteiger partial charge in [-0.05, 0) is 18.2 Å². The third kappa shape index (κ3) is 2.73. The molecule has 0 aliphatic carbocycles. The van der Waals surface area contributed by atoms with Crippen molar-refractivity contribution in [2.75, 3.05) is 5.73 Å². The summed E-state index contributed by atoms with van der Waals surface area (Å²) in [6, 6.07) is 7.72. The van der Waals surface area contributed by atoms with Crippen LogP contribution in [0.2, 0.25) is 0 Å². The number of nitrogens with two attached hydrogens (primary N) is 1. The number of hydrogen-bond acceptors (Lipinski definition) is 5. The van der Waals surface area contributed by atoms with Gasteiger partial charge in [-0.2, -0.15) is 0 Å². The van der Waals surface area contributed by atoms with Gasteiger partial charge in [0, 0.05) is 17.5 Å². The van der Waals surface area contributed by atoms with E-state index in [1.54, 1.807) is 18.7 Å². The summed E-state index contributed by atoms with van der Waals surface area (Å²) in [6.07, 6.45) is 0. The molecular formula is C10H11N3OS. The number of nitrogen functional groups attached to an aromatic ring is 1. The predicted octanol–water partition coefficient (Wildman–Crippen LogP) is 2.25. The summed E-state index contributed by atoms with van der Waals surface area (Å²) >= 11 is 1.62. The van der Waals surface area contributed by atoms with Gasteiger partial charge in [-0.25, -0.2) is 0 Å². The molecule has 1 heterocycles. The van der Waals surface area contributed by atoms with E-state index in [4.69, 9.17) is 10.2 Å². The normalized spacial score (nSPS) is 10.5. The summed E-state index contributed by atoms with van der Waals surface area (Å²) < 4.78 is 5.26. The molecule has 2 rings (SSSR count). The highest BCUT2D eigenvalue weighted by Gasteiger charge is 2.03. The maximum atomic E-state index is 5.67. The number of nitrogens with zero attached hydrogens (tertiary/aromatic N) is 2. The fraction of sp³-hybridized carbons (Fsp3) is 0.200. The second-order valence-corrected chi connectivity index (χ2v) is 4.12. The summed E-state index contributed by atoms with van der Waals surface area (Å²) in [5.74, 6) is 1.91. The minimum atomic E-state index is 0.596. The van der Waals surface area contributed by atoms with Crippen molar-refractivity contribution < 1.29 is 4.42 Å². The van der Waals surface area contributed by atoms with Crippen molar-refractivity contribution in [2.45, 2.75) is 17.6 Å². The molecule has 0 amide bonds. The Hall–Kier alpha value is -1.49. The monoisotopic (exact) mass is 221 g/mol. The van der Waals surface area contributed by atoms with Gasteiger partial charge < -0.3 is 10.2 Å². The molecule has 2 N–H and O–H groups in total. The summed E-state index contributed by atoms with van der Waals surface area (Å²) in [4.78, 5) is 1.10. The van der Waals surface area contributed by atoms with Crippen LogP contribution >= 0.6 is 11.8 Å². The fourth-order valence-electron chi connectivity index (χ4n) is 1.15. The molecule has 0 radical (unpaired) electrons. The van der Waals surface area contributed by atoms with Gasteiger partial charge in [0.25, 0.3) is 0 Å². The lowest BCUT2D eigenvalue weighted by atomic mass is 10.3. The van der Waals surface area contributed by atoms with E-state index in [9.17, 15) is 0 Å². The molecule has 78 valence electrons. The van der Waals surface area contributed by atoms with Crippen LogP contribution in [0.5, 0.6) is 0 Å². The highest BCUT2D eigenvalue weighted by Crippen LogP contribution is 2.23. The van der Waals surface area contributed by atoms with Gasteiger partial charge in [0.1, 0.15) is 0 Å². The number of anilines is 1. The molecule has 0 saturated carbocycles. The van der Waals surface area contributed by atoms with Crippen molar-refractivity contribution in [2.24, 2.45) is 0 Å². The molecule has 1 aromatic heterocycles. The highest BCUT2D eigenvalue weighted by molar-refractivity contribution is 7.98. The largest absolute Gasteiger partial charge is 0.425 e. The number of thioether (sulfide) groups is 1. The minimum Gasteiger partial charge on any atom is -0.425 e. The topological polar surface area (TPSA) is 64.9 Å². The van der Waals surface area contributed by atoms with E-state index >= 15 is 0 Å². The number of aryl methyl sites for hydroxylation is 1. The molecule has 0 saturated heterocycles. The number of hydrogen-bond donors (Lipinski definition) is 1. The first-order chi connectivity index (χ1) is 7.24. The van der Waals surface area contributed by atoms with Crippen molar-refractivity contribution in [1.29, 1.82) is 0 Å². The highest BCUT2D eigenvalue weighted by atomic mass is 32.2. The Labute approximate surface area is 91.9 Å². The zero-order chi connectivity index (χ0) is 10.7. The van der Waals surface area contributed by atoms with Crippen LogP contribution in [0.25, 0.3) is 0 Å². The molecule has 0 aliphatic rings. The van der Waals surface area contributed by atoms with Crippen LogP contribution in [0.15, 0.2) is 33.6 Å². The Morgan fingerprint density at radius 2 is 2.27 bits per heavy atom. The first-order valence-corrected chi connectivity index (χ1v) is 5.50. The molecule has 0 unspecified atom stereocenters. The van der Waals surface area contributed by atoms with E-state index in [0.29, 0.717) is 17.5 Å². The van der Waals surface area contributed by atoms with Crippen LogP contribution in [-0.2, 0) is 5.75 Å². The van der Waals surface area contributed by atoms with Crippen LogP contribution in [0.3, 0.4) is 0 Å². The summed E-state index contributed by atoms with van der Waals surface area (Å²) in [5.41, 5.74) is 6.43. The second kappa shape index (κ2) is 4.35. The average molecular weight is 221 g/mol. The third-order valence-corrected chi connectivity index (χ3v) is 2.77. The Balaban J connectivity index is 1.99. The standard InChI is InChI=1S/C10H11N3OS/c1-7-12-13-10(14-7)6-15-9-4-2-3-8(11)5-9/h2-5H,6,11H2,1H3. The van der Waals surface area contributed by atoms with Crippen molar-refractivity contribution in [3.05, 3.63) is 36.0 Å². The van der Waals surface area contributed by atoms with E-state index in [1.165, 1.54) is 0 Å². The van der Waals surface area contributed by atoms with Crippen molar-refractivity contribution in [3.63, 3.8) is 0 Å². The Morgan fingerprint density at radius 3 is 2.93 bits per heavy atom. The Morgan fingerprint density at radius 1 is 1.40 bits per heavy atom. The second-order valence-electron chi connectivity index (χ2n) is 3.08. The number of aromatic nitrogens is 2. The maximum Gasteiger partial charge on any atom is 0.226 e. The predicted molar refractivity (Wildman–Crippen MR) is 59.5 cm³/mol. The van der Waals surface area contributed by atoms with Gasteiger partial charge >= 0.3 is 0 Å². The maximum absolute atomic E-state index is 5.67. The lowest BCUT2D eigenvalue weighted by Gasteiger charge is -1.99. The molecule has 0 fully saturated rings. The first-order valence-electron chi connectivity index (χ1n) is 4.51. The molecule has 0 spiro atoms. The summed E-state index contributed by atoms with van der Waals surface area (Å²) in [5, 5.41) is 7.68. The molecule has 15 heavy (non-hydrogen) atoms. The van der Waals surface area contributed by atoms with Gasteiger partial charge in [-0.1, -0.05) is 6.07 Å². The fourth-order valence-corrected chi connectivity index (χ4v) is 1.95. The lowest BCUT2D eigenvalue weighted by Crippen LogP contribution is -1.84. The Kier molecular flexibility index (Phi) is 2.91. The van der Waals surface area contributed by atoms with E-state index in [0.717, 1.165) is 10.6 Å². The van der Waals surface area contributed by atoms with Crippen LogP contribution in [-0.4, -0.2) is 10.2 Å². The van der Waals surface area contributed by atoms with Crippen LogP contribution < -0.4 is 5.73 Å². The van der Waals surface area contributed by atoms with Gasteiger partial charge in [0.05, 0.1) is 5.75 Å². The van der Waals surface area contributed by atoms with Gasteiger partial charge in [-0.15, -0.1) is 22.0 Å². The molecular weight excluding hydrogens is 210 g/mol. The van der Waals surface area contributed by atoms with Gasteiger partial charge in [0.2, 0.25) is 11.8 Å². The number of rotatable bonds is 3. The molecule has 4 nitrogen and oxygen atoms in total. The van der Waals surface area contributed by atoms with Crippen LogP contribution in [0.1, 0.15) is 11.8 Å². The van der Waals surface area contributed by atoms with E-state index < -0.39 is 0 Å². The van der Waals surface area contributed by atoms with Crippen LogP contribution in [0.4, 0.5) is 5.69 Å². The van der Waals surface area contributed by atoms with E-state index in [2.05, 4.69) is 10.2 Å². The van der Waals surface area contributed by atoms with E-state index in [1.807, 2.05) is 24.3 Å². The Bertz CT molecular complexity index is 455. The zero-order valence-corrected chi connectivity index (χ0v) is 9.12. The molecule has 5 heteroatoms.